The number of ether oxygens (including phenoxy) is 1. The largest absolute Gasteiger partial charge is 0.465 e. The van der Waals surface area contributed by atoms with E-state index in [1.165, 1.54) is 25.4 Å². The molecule has 5 nitrogen and oxygen atoms in total. The van der Waals surface area contributed by atoms with Crippen LogP contribution in [0, 0.1) is 0 Å². The lowest BCUT2D eigenvalue weighted by atomic mass is 10.0. The Hall–Kier alpha value is -1.47. The number of carbonyl (C=O) groups is 1. The minimum absolute atomic E-state index is 0. The zero-order valence-electron chi connectivity index (χ0n) is 10.9. The number of nitrogens with zero attached hydrogens (tertiary/aromatic N) is 1. The predicted octanol–water partition coefficient (Wildman–Crippen LogP) is 1.70. The van der Waals surface area contributed by atoms with Crippen LogP contribution in [0.15, 0.2) is 18.3 Å². The summed E-state index contributed by atoms with van der Waals surface area (Å²) in [5.41, 5.74) is 0.275. The molecule has 2 heterocycles. The molecular formula is C12H16ClF2N3O2. The summed E-state index contributed by atoms with van der Waals surface area (Å²) in [6.45, 7) is 0.158. The molecule has 0 aliphatic carbocycles. The maximum absolute atomic E-state index is 13.6. The molecule has 0 saturated carbocycles. The van der Waals surface area contributed by atoms with Crippen LogP contribution in [0.4, 0.5) is 14.6 Å². The zero-order valence-corrected chi connectivity index (χ0v) is 11.7. The molecule has 0 radical (unpaired) electrons. The molecule has 2 N–H and O–H groups in total. The van der Waals surface area contributed by atoms with Crippen LogP contribution in [0.5, 0.6) is 0 Å². The summed E-state index contributed by atoms with van der Waals surface area (Å²) < 4.78 is 31.8. The third kappa shape index (κ3) is 3.77. The van der Waals surface area contributed by atoms with Crippen molar-refractivity contribution in [2.45, 2.75) is 18.4 Å². The SMILES string of the molecule is COC(=O)c1ccnc(NC2CCNCC2(F)F)c1.Cl. The van der Waals surface area contributed by atoms with Gasteiger partial charge in [-0.05, 0) is 25.1 Å². The number of esters is 1. The summed E-state index contributed by atoms with van der Waals surface area (Å²) in [6, 6.07) is 1.88. The maximum Gasteiger partial charge on any atom is 0.338 e. The van der Waals surface area contributed by atoms with Crippen molar-refractivity contribution in [1.82, 2.24) is 10.3 Å². The number of hydrogen-bond donors (Lipinski definition) is 2. The standard InChI is InChI=1S/C12H15F2N3O2.ClH/c1-19-11(18)8-2-5-16-10(6-8)17-9-3-4-15-7-12(9,13)14;/h2,5-6,9,15H,3-4,7H2,1H3,(H,16,17);1H. The summed E-state index contributed by atoms with van der Waals surface area (Å²) >= 11 is 0. The minimum Gasteiger partial charge on any atom is -0.465 e. The van der Waals surface area contributed by atoms with Crippen LogP contribution in [0.25, 0.3) is 0 Å². The van der Waals surface area contributed by atoms with Gasteiger partial charge in [0.25, 0.3) is 5.92 Å². The fraction of sp³-hybridized carbons (Fsp3) is 0.500. The van der Waals surface area contributed by atoms with Crippen molar-refractivity contribution in [1.29, 1.82) is 0 Å². The van der Waals surface area contributed by atoms with Crippen LogP contribution in [0.2, 0.25) is 0 Å². The smallest absolute Gasteiger partial charge is 0.338 e. The van der Waals surface area contributed by atoms with Gasteiger partial charge >= 0.3 is 5.97 Å². The topological polar surface area (TPSA) is 63.2 Å². The molecule has 8 heteroatoms. The molecule has 1 aliphatic heterocycles. The first kappa shape index (κ1) is 16.6. The fourth-order valence-electron chi connectivity index (χ4n) is 1.95. The van der Waals surface area contributed by atoms with E-state index < -0.39 is 17.9 Å². The Morgan fingerprint density at radius 2 is 2.35 bits per heavy atom. The molecule has 1 aliphatic rings. The Morgan fingerprint density at radius 1 is 1.60 bits per heavy atom. The van der Waals surface area contributed by atoms with Crippen molar-refractivity contribution < 1.29 is 18.3 Å². The molecule has 112 valence electrons. The molecule has 1 atom stereocenters. The van der Waals surface area contributed by atoms with Crippen molar-refractivity contribution in [3.8, 4) is 0 Å². The number of piperidine rings is 1. The number of aromatic nitrogens is 1. The first-order valence-corrected chi connectivity index (χ1v) is 5.92. The number of anilines is 1. The van der Waals surface area contributed by atoms with Gasteiger partial charge < -0.3 is 15.4 Å². The highest BCUT2D eigenvalue weighted by Crippen LogP contribution is 2.26. The number of carbonyl (C=O) groups excluding carboxylic acids is 1. The van der Waals surface area contributed by atoms with Crippen LogP contribution in [0.1, 0.15) is 16.8 Å². The second-order valence-corrected chi connectivity index (χ2v) is 4.34. The van der Waals surface area contributed by atoms with E-state index in [-0.39, 0.29) is 36.8 Å². The number of nitrogens with one attached hydrogen (secondary N) is 2. The lowest BCUT2D eigenvalue weighted by Gasteiger charge is -2.32. The zero-order chi connectivity index (χ0) is 13.9. The van der Waals surface area contributed by atoms with Gasteiger partial charge in [-0.1, -0.05) is 0 Å². The lowest BCUT2D eigenvalue weighted by molar-refractivity contribution is -0.0322. The van der Waals surface area contributed by atoms with E-state index in [1.807, 2.05) is 0 Å². The van der Waals surface area contributed by atoms with Crippen molar-refractivity contribution in [2.75, 3.05) is 25.5 Å². The summed E-state index contributed by atoms with van der Waals surface area (Å²) in [4.78, 5) is 15.3. The van der Waals surface area contributed by atoms with E-state index in [0.717, 1.165) is 0 Å². The van der Waals surface area contributed by atoms with Gasteiger partial charge in [0, 0.05) is 6.20 Å². The molecule has 2 rings (SSSR count). The van der Waals surface area contributed by atoms with Crippen molar-refractivity contribution >= 4 is 24.2 Å². The normalized spacial score (nSPS) is 20.6. The average Bonchev–Trinajstić information content (AvgIpc) is 2.40. The van der Waals surface area contributed by atoms with Crippen LogP contribution < -0.4 is 10.6 Å². The summed E-state index contributed by atoms with van der Waals surface area (Å²) in [5, 5.41) is 5.33. The molecule has 1 unspecified atom stereocenters. The molecule has 0 bridgehead atoms. The van der Waals surface area contributed by atoms with Crippen LogP contribution >= 0.6 is 12.4 Å². The average molecular weight is 308 g/mol. The first-order valence-electron chi connectivity index (χ1n) is 5.92. The molecular weight excluding hydrogens is 292 g/mol. The summed E-state index contributed by atoms with van der Waals surface area (Å²) in [6.07, 6.45) is 1.67. The number of halogens is 3. The lowest BCUT2D eigenvalue weighted by Crippen LogP contribution is -2.52. The van der Waals surface area contributed by atoms with Gasteiger partial charge in [-0.3, -0.25) is 0 Å². The molecule has 0 amide bonds. The van der Waals surface area contributed by atoms with Gasteiger partial charge in [-0.25, -0.2) is 18.6 Å². The van der Waals surface area contributed by atoms with Gasteiger partial charge in [0.2, 0.25) is 0 Å². The highest BCUT2D eigenvalue weighted by Gasteiger charge is 2.41. The second kappa shape index (κ2) is 6.81. The van der Waals surface area contributed by atoms with E-state index in [9.17, 15) is 13.6 Å². The number of methoxy groups -OCH3 is 1. The third-order valence-corrected chi connectivity index (χ3v) is 2.98. The van der Waals surface area contributed by atoms with Gasteiger partial charge in [-0.15, -0.1) is 12.4 Å². The monoisotopic (exact) mass is 307 g/mol. The van der Waals surface area contributed by atoms with E-state index in [0.29, 0.717) is 6.54 Å². The summed E-state index contributed by atoms with van der Waals surface area (Å²) in [5.74, 6) is -3.13. The number of hydrogen-bond acceptors (Lipinski definition) is 5. The van der Waals surface area contributed by atoms with Crippen LogP contribution in [-0.2, 0) is 4.74 Å². The van der Waals surface area contributed by atoms with Gasteiger partial charge in [0.05, 0.1) is 25.3 Å². The first-order chi connectivity index (χ1) is 9.03. The van der Waals surface area contributed by atoms with Crippen molar-refractivity contribution in [3.63, 3.8) is 0 Å². The van der Waals surface area contributed by atoms with E-state index in [2.05, 4.69) is 20.4 Å². The molecule has 1 fully saturated rings. The quantitative estimate of drug-likeness (QED) is 0.832. The summed E-state index contributed by atoms with van der Waals surface area (Å²) in [7, 11) is 1.26. The second-order valence-electron chi connectivity index (χ2n) is 4.34. The van der Waals surface area contributed by atoms with E-state index in [4.69, 9.17) is 0 Å². The predicted molar refractivity (Wildman–Crippen MR) is 72.7 cm³/mol. The fourth-order valence-corrected chi connectivity index (χ4v) is 1.95. The highest BCUT2D eigenvalue weighted by atomic mass is 35.5. The van der Waals surface area contributed by atoms with Crippen LogP contribution in [0.3, 0.4) is 0 Å². The Bertz CT molecular complexity index is 474. The molecule has 1 saturated heterocycles. The molecule has 0 aromatic carbocycles. The van der Waals surface area contributed by atoms with Gasteiger partial charge in [0.15, 0.2) is 0 Å². The Morgan fingerprint density at radius 3 is 3.00 bits per heavy atom. The molecule has 20 heavy (non-hydrogen) atoms. The molecule has 1 aromatic rings. The van der Waals surface area contributed by atoms with Crippen molar-refractivity contribution in [2.24, 2.45) is 0 Å². The Balaban J connectivity index is 0.00000200. The molecule has 1 aromatic heterocycles. The maximum atomic E-state index is 13.6. The number of alkyl halides is 2. The minimum atomic E-state index is -2.85. The van der Waals surface area contributed by atoms with Crippen molar-refractivity contribution in [3.05, 3.63) is 23.9 Å². The van der Waals surface area contributed by atoms with Gasteiger partial charge in [0.1, 0.15) is 5.82 Å². The Kier molecular flexibility index (Phi) is 5.64. The number of pyridine rings is 1. The highest BCUT2D eigenvalue weighted by molar-refractivity contribution is 5.90. The number of rotatable bonds is 3. The Labute approximate surface area is 121 Å². The molecule has 0 spiro atoms. The third-order valence-electron chi connectivity index (χ3n) is 2.98. The van der Waals surface area contributed by atoms with Crippen LogP contribution in [-0.4, -0.2) is 43.1 Å². The van der Waals surface area contributed by atoms with E-state index >= 15 is 0 Å². The van der Waals surface area contributed by atoms with E-state index in [1.54, 1.807) is 0 Å². The van der Waals surface area contributed by atoms with Gasteiger partial charge in [-0.2, -0.15) is 0 Å².